The SMILES string of the molecule is COc1cccc(N2CC(NC(=O)CC(c3ccccc3)c3ccccc3)CC2=O)c1. The molecule has 0 aliphatic carbocycles. The van der Waals surface area contributed by atoms with Gasteiger partial charge in [0.05, 0.1) is 13.2 Å². The third-order valence-electron chi connectivity index (χ3n) is 5.65. The lowest BCUT2D eigenvalue weighted by Gasteiger charge is -2.20. The van der Waals surface area contributed by atoms with Gasteiger partial charge in [-0.3, -0.25) is 9.59 Å². The largest absolute Gasteiger partial charge is 0.497 e. The Kier molecular flexibility index (Phi) is 6.32. The van der Waals surface area contributed by atoms with Gasteiger partial charge in [0.15, 0.2) is 0 Å². The van der Waals surface area contributed by atoms with Crippen molar-refractivity contribution in [2.75, 3.05) is 18.6 Å². The summed E-state index contributed by atoms with van der Waals surface area (Å²) in [5.41, 5.74) is 2.99. The highest BCUT2D eigenvalue weighted by Gasteiger charge is 2.32. The minimum Gasteiger partial charge on any atom is -0.497 e. The van der Waals surface area contributed by atoms with E-state index in [0.717, 1.165) is 16.8 Å². The average Bonchev–Trinajstić information content (AvgIpc) is 3.18. The quantitative estimate of drug-likeness (QED) is 0.632. The minimum atomic E-state index is -0.210. The van der Waals surface area contributed by atoms with Crippen molar-refractivity contribution >= 4 is 17.5 Å². The maximum absolute atomic E-state index is 12.9. The second-order valence-electron chi connectivity index (χ2n) is 7.75. The fourth-order valence-electron chi connectivity index (χ4n) is 4.10. The molecule has 1 aliphatic rings. The lowest BCUT2D eigenvalue weighted by molar-refractivity contribution is -0.122. The maximum atomic E-state index is 12.9. The van der Waals surface area contributed by atoms with E-state index in [0.29, 0.717) is 25.1 Å². The van der Waals surface area contributed by atoms with E-state index in [1.807, 2.05) is 60.7 Å². The summed E-state index contributed by atoms with van der Waals surface area (Å²) < 4.78 is 5.26. The van der Waals surface area contributed by atoms with E-state index in [1.54, 1.807) is 12.0 Å². The van der Waals surface area contributed by atoms with Gasteiger partial charge >= 0.3 is 0 Å². The van der Waals surface area contributed by atoms with Gasteiger partial charge in [-0.1, -0.05) is 66.7 Å². The van der Waals surface area contributed by atoms with Crippen molar-refractivity contribution in [3.05, 3.63) is 96.1 Å². The van der Waals surface area contributed by atoms with E-state index in [-0.39, 0.29) is 23.8 Å². The van der Waals surface area contributed by atoms with Crippen molar-refractivity contribution < 1.29 is 14.3 Å². The average molecular weight is 415 g/mol. The van der Waals surface area contributed by atoms with Crippen LogP contribution in [0.3, 0.4) is 0 Å². The van der Waals surface area contributed by atoms with Crippen molar-refractivity contribution in [1.29, 1.82) is 0 Å². The molecule has 0 bridgehead atoms. The van der Waals surface area contributed by atoms with Crippen molar-refractivity contribution in [3.8, 4) is 5.75 Å². The summed E-state index contributed by atoms with van der Waals surface area (Å²) in [6.45, 7) is 0.457. The predicted octanol–water partition coefficient (Wildman–Crippen LogP) is 4.14. The van der Waals surface area contributed by atoms with Crippen LogP contribution in [0.25, 0.3) is 0 Å². The second kappa shape index (κ2) is 9.47. The number of rotatable bonds is 7. The molecule has 0 saturated carbocycles. The molecule has 1 unspecified atom stereocenters. The zero-order chi connectivity index (χ0) is 21.6. The van der Waals surface area contributed by atoms with E-state index in [4.69, 9.17) is 4.74 Å². The first-order valence-electron chi connectivity index (χ1n) is 10.5. The number of hydrogen-bond donors (Lipinski definition) is 1. The highest BCUT2D eigenvalue weighted by Crippen LogP contribution is 2.29. The van der Waals surface area contributed by atoms with E-state index in [2.05, 4.69) is 29.6 Å². The Balaban J connectivity index is 1.44. The molecule has 1 aliphatic heterocycles. The smallest absolute Gasteiger partial charge is 0.229 e. The summed E-state index contributed by atoms with van der Waals surface area (Å²) in [4.78, 5) is 27.2. The van der Waals surface area contributed by atoms with Crippen LogP contribution in [0.5, 0.6) is 5.75 Å². The van der Waals surface area contributed by atoms with E-state index < -0.39 is 0 Å². The molecule has 4 rings (SSSR count). The molecule has 1 N–H and O–H groups in total. The minimum absolute atomic E-state index is 0.00113. The number of nitrogens with zero attached hydrogens (tertiary/aromatic N) is 1. The van der Waals surface area contributed by atoms with Crippen LogP contribution < -0.4 is 15.0 Å². The van der Waals surface area contributed by atoms with E-state index >= 15 is 0 Å². The van der Waals surface area contributed by atoms with Crippen LogP contribution in [-0.4, -0.2) is 31.5 Å². The van der Waals surface area contributed by atoms with Gasteiger partial charge in [0, 0.05) is 37.1 Å². The summed E-state index contributed by atoms with van der Waals surface area (Å²) in [6.07, 6.45) is 0.627. The fraction of sp³-hybridized carbons (Fsp3) is 0.231. The van der Waals surface area contributed by atoms with Gasteiger partial charge < -0.3 is 15.0 Å². The molecular formula is C26H26N2O3. The monoisotopic (exact) mass is 414 g/mol. The summed E-state index contributed by atoms with van der Waals surface area (Å²) in [7, 11) is 1.60. The van der Waals surface area contributed by atoms with Crippen LogP contribution in [0.4, 0.5) is 5.69 Å². The molecule has 0 spiro atoms. The van der Waals surface area contributed by atoms with Gasteiger partial charge in [-0.2, -0.15) is 0 Å². The molecule has 0 aromatic heterocycles. The first kappa shape index (κ1) is 20.7. The Hall–Kier alpha value is -3.60. The molecule has 5 heteroatoms. The molecule has 3 aromatic carbocycles. The normalized spacial score (nSPS) is 15.9. The third-order valence-corrected chi connectivity index (χ3v) is 5.65. The third kappa shape index (κ3) is 4.94. The zero-order valence-corrected chi connectivity index (χ0v) is 17.5. The molecule has 0 radical (unpaired) electrons. The van der Waals surface area contributed by atoms with Crippen molar-refractivity contribution in [2.24, 2.45) is 0 Å². The van der Waals surface area contributed by atoms with Crippen molar-refractivity contribution in [2.45, 2.75) is 24.8 Å². The molecule has 1 fully saturated rings. The number of methoxy groups -OCH3 is 1. The van der Waals surface area contributed by atoms with Gasteiger partial charge in [-0.25, -0.2) is 0 Å². The molecule has 2 amide bonds. The lowest BCUT2D eigenvalue weighted by atomic mass is 9.88. The number of anilines is 1. The number of carbonyl (C=O) groups is 2. The molecule has 1 heterocycles. The summed E-state index contributed by atoms with van der Waals surface area (Å²) in [5.74, 6) is 0.615. The highest BCUT2D eigenvalue weighted by atomic mass is 16.5. The number of carbonyl (C=O) groups excluding carboxylic acids is 2. The number of benzene rings is 3. The maximum Gasteiger partial charge on any atom is 0.229 e. The van der Waals surface area contributed by atoms with Gasteiger partial charge in [-0.05, 0) is 23.3 Å². The molecule has 3 aromatic rings. The topological polar surface area (TPSA) is 58.6 Å². The van der Waals surface area contributed by atoms with Crippen LogP contribution in [-0.2, 0) is 9.59 Å². The van der Waals surface area contributed by atoms with Gasteiger partial charge in [0.2, 0.25) is 11.8 Å². The van der Waals surface area contributed by atoms with Gasteiger partial charge in [0.1, 0.15) is 5.75 Å². The number of ether oxygens (including phenoxy) is 1. The first-order chi connectivity index (χ1) is 15.1. The van der Waals surface area contributed by atoms with Crippen LogP contribution in [0, 0.1) is 0 Å². The molecule has 5 nitrogen and oxygen atoms in total. The molecule has 1 saturated heterocycles. The van der Waals surface area contributed by atoms with Gasteiger partial charge in [0.25, 0.3) is 0 Å². The van der Waals surface area contributed by atoms with Gasteiger partial charge in [-0.15, -0.1) is 0 Å². The molecular weight excluding hydrogens is 388 g/mol. The van der Waals surface area contributed by atoms with Crippen LogP contribution in [0.15, 0.2) is 84.9 Å². The first-order valence-corrected chi connectivity index (χ1v) is 10.5. The standard InChI is InChI=1S/C26H26N2O3/c1-31-23-14-8-13-22(16-23)28-18-21(15-26(28)30)27-25(29)17-24(19-9-4-2-5-10-19)20-11-6-3-7-12-20/h2-14,16,21,24H,15,17-18H2,1H3,(H,27,29). The zero-order valence-electron chi connectivity index (χ0n) is 17.5. The lowest BCUT2D eigenvalue weighted by Crippen LogP contribution is -2.37. The van der Waals surface area contributed by atoms with Crippen LogP contribution >= 0.6 is 0 Å². The summed E-state index contributed by atoms with van der Waals surface area (Å²) in [5, 5.41) is 3.07. The van der Waals surface area contributed by atoms with E-state index in [9.17, 15) is 9.59 Å². The number of amides is 2. The summed E-state index contributed by atoms with van der Waals surface area (Å²) in [6, 6.07) is 27.3. The van der Waals surface area contributed by atoms with E-state index in [1.165, 1.54) is 0 Å². The number of hydrogen-bond acceptors (Lipinski definition) is 3. The Morgan fingerprint density at radius 1 is 1.00 bits per heavy atom. The number of nitrogens with one attached hydrogen (secondary N) is 1. The Morgan fingerprint density at radius 3 is 2.26 bits per heavy atom. The molecule has 1 atom stereocenters. The summed E-state index contributed by atoms with van der Waals surface area (Å²) >= 11 is 0. The van der Waals surface area contributed by atoms with Crippen molar-refractivity contribution in [3.63, 3.8) is 0 Å². The predicted molar refractivity (Wildman–Crippen MR) is 121 cm³/mol. The Labute approximate surface area is 182 Å². The second-order valence-corrected chi connectivity index (χ2v) is 7.75. The highest BCUT2D eigenvalue weighted by molar-refractivity contribution is 5.97. The fourth-order valence-corrected chi connectivity index (χ4v) is 4.10. The molecule has 31 heavy (non-hydrogen) atoms. The molecule has 158 valence electrons. The Morgan fingerprint density at radius 2 is 1.65 bits per heavy atom. The van der Waals surface area contributed by atoms with Crippen molar-refractivity contribution in [1.82, 2.24) is 5.32 Å². The van der Waals surface area contributed by atoms with Crippen LogP contribution in [0.1, 0.15) is 29.9 Å². The van der Waals surface area contributed by atoms with Crippen LogP contribution in [0.2, 0.25) is 0 Å². The Bertz CT molecular complexity index is 997.